The summed E-state index contributed by atoms with van der Waals surface area (Å²) in [4.78, 5) is 27.7. The van der Waals surface area contributed by atoms with Gasteiger partial charge in [-0.2, -0.15) is 0 Å². The fraction of sp³-hybridized carbons (Fsp3) is 0.267. The van der Waals surface area contributed by atoms with E-state index in [2.05, 4.69) is 19.2 Å². The van der Waals surface area contributed by atoms with Gasteiger partial charge in [0.2, 0.25) is 0 Å². The van der Waals surface area contributed by atoms with Gasteiger partial charge in [0.1, 0.15) is 4.88 Å². The maximum atomic E-state index is 12.6. The van der Waals surface area contributed by atoms with E-state index in [-0.39, 0.29) is 26.8 Å². The normalized spacial score (nSPS) is 11.2. The zero-order valence-corrected chi connectivity index (χ0v) is 15.4. The van der Waals surface area contributed by atoms with Gasteiger partial charge in [-0.15, -0.1) is 11.3 Å². The first-order valence-corrected chi connectivity index (χ1v) is 9.30. The van der Waals surface area contributed by atoms with E-state index in [0.717, 1.165) is 7.11 Å². The molecule has 0 atom stereocenters. The third kappa shape index (κ3) is 4.03. The van der Waals surface area contributed by atoms with E-state index in [1.54, 1.807) is 12.1 Å². The third-order valence-electron chi connectivity index (χ3n) is 3.33. The molecule has 134 valence electrons. The van der Waals surface area contributed by atoms with Gasteiger partial charge in [0.05, 0.1) is 19.8 Å². The molecule has 0 saturated heterocycles. The molecule has 0 radical (unpaired) electrons. The molecular weight excluding hydrogens is 368 g/mol. The van der Waals surface area contributed by atoms with Gasteiger partial charge >= 0.3 is 11.9 Å². The number of hydrogen-bond donors (Lipinski definition) is 1. The summed E-state index contributed by atoms with van der Waals surface area (Å²) in [5, 5.41) is 0. The second-order valence-corrected chi connectivity index (χ2v) is 7.86. The average Bonchev–Trinajstić information content (AvgIpc) is 2.98. The summed E-state index contributed by atoms with van der Waals surface area (Å²) in [5.41, 5.74) is 0.725. The molecule has 2 aromatic rings. The molecule has 8 nitrogen and oxygen atoms in total. The van der Waals surface area contributed by atoms with Crippen LogP contribution in [0.15, 0.2) is 28.7 Å². The van der Waals surface area contributed by atoms with Crippen molar-refractivity contribution in [2.75, 3.05) is 14.2 Å². The summed E-state index contributed by atoms with van der Waals surface area (Å²) in [6.07, 6.45) is 3.07. The van der Waals surface area contributed by atoms with Crippen molar-refractivity contribution in [2.24, 2.45) is 0 Å². The quantitative estimate of drug-likeness (QED) is 0.751. The predicted octanol–water partition coefficient (Wildman–Crippen LogP) is 1.50. The summed E-state index contributed by atoms with van der Waals surface area (Å²) in [7, 11) is -1.74. The van der Waals surface area contributed by atoms with Crippen LogP contribution in [0.5, 0.6) is 0 Å². The summed E-state index contributed by atoms with van der Waals surface area (Å²) in [6, 6.07) is 3.31. The molecule has 0 aliphatic rings. The van der Waals surface area contributed by atoms with E-state index in [9.17, 15) is 18.0 Å². The van der Waals surface area contributed by atoms with E-state index in [1.807, 2.05) is 0 Å². The maximum Gasteiger partial charge on any atom is 0.348 e. The van der Waals surface area contributed by atoms with Crippen molar-refractivity contribution in [3.63, 3.8) is 0 Å². The van der Waals surface area contributed by atoms with Crippen LogP contribution in [-0.4, -0.2) is 39.6 Å². The number of pyridine rings is 1. The smallest absolute Gasteiger partial charge is 0.348 e. The Morgan fingerprint density at radius 1 is 1.16 bits per heavy atom. The van der Waals surface area contributed by atoms with Crippen LogP contribution in [0.3, 0.4) is 0 Å². The van der Waals surface area contributed by atoms with Crippen LogP contribution in [0.25, 0.3) is 0 Å². The fourth-order valence-corrected chi connectivity index (χ4v) is 4.85. The number of nitrogens with one attached hydrogen (secondary N) is 1. The predicted molar refractivity (Wildman–Crippen MR) is 90.0 cm³/mol. The highest BCUT2D eigenvalue weighted by molar-refractivity contribution is 7.91. The highest BCUT2D eigenvalue weighted by Crippen LogP contribution is 2.33. The van der Waals surface area contributed by atoms with Gasteiger partial charge in [0.25, 0.3) is 10.0 Å². The number of esters is 2. The highest BCUT2D eigenvalue weighted by Gasteiger charge is 2.32. The van der Waals surface area contributed by atoms with Gasteiger partial charge < -0.3 is 9.47 Å². The number of hydrogen-bond acceptors (Lipinski definition) is 8. The molecule has 0 saturated carbocycles. The summed E-state index contributed by atoms with van der Waals surface area (Å²) >= 11 is 0.666. The summed E-state index contributed by atoms with van der Waals surface area (Å²) in [6.45, 7) is 1.48. The molecule has 0 spiro atoms. The van der Waals surface area contributed by atoms with Crippen molar-refractivity contribution in [2.45, 2.75) is 17.7 Å². The fourth-order valence-electron chi connectivity index (χ4n) is 2.05. The Labute approximate surface area is 148 Å². The van der Waals surface area contributed by atoms with Crippen molar-refractivity contribution in [3.05, 3.63) is 46.1 Å². The van der Waals surface area contributed by atoms with Crippen molar-refractivity contribution < 1.29 is 27.5 Å². The SMILES string of the molecule is COC(=O)c1sc(S(=O)(=O)NCc2ccncc2)c(C(=O)OC)c1C. The van der Waals surface area contributed by atoms with Gasteiger partial charge in [-0.1, -0.05) is 0 Å². The Kier molecular flexibility index (Phi) is 5.88. The van der Waals surface area contributed by atoms with E-state index in [1.165, 1.54) is 26.4 Å². The lowest BCUT2D eigenvalue weighted by Gasteiger charge is -2.07. The Balaban J connectivity index is 2.45. The highest BCUT2D eigenvalue weighted by atomic mass is 32.2. The van der Waals surface area contributed by atoms with Gasteiger partial charge in [-0.3, -0.25) is 4.98 Å². The van der Waals surface area contributed by atoms with Crippen LogP contribution in [0, 0.1) is 6.92 Å². The third-order valence-corrected chi connectivity index (χ3v) is 6.53. The van der Waals surface area contributed by atoms with E-state index >= 15 is 0 Å². The summed E-state index contributed by atoms with van der Waals surface area (Å²) < 4.78 is 36.7. The molecule has 2 rings (SSSR count). The number of methoxy groups -OCH3 is 2. The van der Waals surface area contributed by atoms with Crippen LogP contribution in [0.1, 0.15) is 31.2 Å². The molecular formula is C15H16N2O6S2. The minimum Gasteiger partial charge on any atom is -0.465 e. The van der Waals surface area contributed by atoms with Crippen LogP contribution >= 0.6 is 11.3 Å². The Bertz CT molecular complexity index is 890. The molecule has 10 heteroatoms. The van der Waals surface area contributed by atoms with Crippen LogP contribution < -0.4 is 4.72 Å². The van der Waals surface area contributed by atoms with Gasteiger partial charge in [0.15, 0.2) is 4.21 Å². The number of rotatable bonds is 6. The lowest BCUT2D eigenvalue weighted by Crippen LogP contribution is -2.24. The zero-order chi connectivity index (χ0) is 18.6. The van der Waals surface area contributed by atoms with Gasteiger partial charge in [-0.05, 0) is 30.2 Å². The second-order valence-electron chi connectivity index (χ2n) is 4.88. The second kappa shape index (κ2) is 7.72. The van der Waals surface area contributed by atoms with Crippen molar-refractivity contribution >= 4 is 33.3 Å². The number of thiophene rings is 1. The minimum atomic E-state index is -4.05. The van der Waals surface area contributed by atoms with Gasteiger partial charge in [0, 0.05) is 18.9 Å². The molecule has 0 unspecified atom stereocenters. The molecule has 25 heavy (non-hydrogen) atoms. The number of ether oxygens (including phenoxy) is 2. The Morgan fingerprint density at radius 3 is 2.32 bits per heavy atom. The number of carbonyl (C=O) groups excluding carboxylic acids is 2. The van der Waals surface area contributed by atoms with Crippen molar-refractivity contribution in [1.82, 2.24) is 9.71 Å². The molecule has 0 fully saturated rings. The van der Waals surface area contributed by atoms with E-state index in [0.29, 0.717) is 16.9 Å². The molecule has 0 aliphatic carbocycles. The van der Waals surface area contributed by atoms with E-state index < -0.39 is 22.0 Å². The van der Waals surface area contributed by atoms with Crippen LogP contribution in [-0.2, 0) is 26.0 Å². The van der Waals surface area contributed by atoms with Gasteiger partial charge in [-0.25, -0.2) is 22.7 Å². The standard InChI is InChI=1S/C15H16N2O6S2/c1-9-11(13(18)22-2)15(24-12(9)14(19)23-3)25(20,21)17-8-10-4-6-16-7-5-10/h4-7,17H,8H2,1-3H3. The number of carbonyl (C=O) groups is 2. The first-order chi connectivity index (χ1) is 11.8. The van der Waals surface area contributed by atoms with E-state index in [4.69, 9.17) is 0 Å². The Morgan fingerprint density at radius 2 is 1.76 bits per heavy atom. The molecule has 2 heterocycles. The first-order valence-electron chi connectivity index (χ1n) is 7.00. The molecule has 0 aliphatic heterocycles. The van der Waals surface area contributed by atoms with Crippen molar-refractivity contribution in [1.29, 1.82) is 0 Å². The topological polar surface area (TPSA) is 112 Å². The Hall–Kier alpha value is -2.30. The molecule has 2 aromatic heterocycles. The largest absolute Gasteiger partial charge is 0.465 e. The van der Waals surface area contributed by atoms with Crippen molar-refractivity contribution in [3.8, 4) is 0 Å². The lowest BCUT2D eigenvalue weighted by molar-refractivity contribution is 0.0596. The number of aromatic nitrogens is 1. The molecule has 0 bridgehead atoms. The zero-order valence-electron chi connectivity index (χ0n) is 13.7. The molecule has 0 amide bonds. The first kappa shape index (κ1) is 19.0. The molecule has 0 aromatic carbocycles. The monoisotopic (exact) mass is 384 g/mol. The number of sulfonamides is 1. The van der Waals surface area contributed by atoms with Crippen LogP contribution in [0.4, 0.5) is 0 Å². The number of nitrogens with zero attached hydrogens (tertiary/aromatic N) is 1. The van der Waals surface area contributed by atoms with Crippen LogP contribution in [0.2, 0.25) is 0 Å². The maximum absolute atomic E-state index is 12.6. The minimum absolute atomic E-state index is 0.00989. The summed E-state index contributed by atoms with van der Waals surface area (Å²) in [5.74, 6) is -1.56. The lowest BCUT2D eigenvalue weighted by atomic mass is 10.2. The molecule has 1 N–H and O–H groups in total. The average molecular weight is 384 g/mol.